The molecule has 0 heterocycles. The molecule has 0 saturated heterocycles. The van der Waals surface area contributed by atoms with Gasteiger partial charge in [-0.1, -0.05) is 102 Å². The third kappa shape index (κ3) is 2.94. The van der Waals surface area contributed by atoms with Gasteiger partial charge in [-0.25, -0.2) is 0 Å². The molecule has 0 bridgehead atoms. The third-order valence-electron chi connectivity index (χ3n) is 9.41. The van der Waals surface area contributed by atoms with Crippen molar-refractivity contribution in [3.63, 3.8) is 0 Å². The van der Waals surface area contributed by atoms with Gasteiger partial charge in [-0.3, -0.25) is 9.59 Å². The second-order valence-electron chi connectivity index (χ2n) is 12.1. The normalized spacial score (nSPS) is 17.1. The number of carbonyl (C=O) groups is 2. The fourth-order valence-electron chi connectivity index (χ4n) is 7.23. The largest absolute Gasteiger partial charge is 0.289 e. The molecule has 40 heavy (non-hydrogen) atoms. The summed E-state index contributed by atoms with van der Waals surface area (Å²) in [6.45, 7) is 16.5. The van der Waals surface area contributed by atoms with Crippen LogP contribution in [0.3, 0.4) is 0 Å². The molecule has 0 amide bonds. The van der Waals surface area contributed by atoms with E-state index >= 15 is 0 Å². The Morgan fingerprint density at radius 1 is 0.500 bits per heavy atom. The van der Waals surface area contributed by atoms with Gasteiger partial charge in [-0.2, -0.15) is 0 Å². The van der Waals surface area contributed by atoms with Crippen molar-refractivity contribution in [1.29, 1.82) is 0 Å². The first-order valence-corrected chi connectivity index (χ1v) is 13.8. The molecule has 0 fully saturated rings. The summed E-state index contributed by atoms with van der Waals surface area (Å²) < 4.78 is 0. The summed E-state index contributed by atoms with van der Waals surface area (Å²) in [6.07, 6.45) is 2.96. The zero-order valence-corrected chi connectivity index (χ0v) is 23.3. The van der Waals surface area contributed by atoms with Gasteiger partial charge in [0.2, 0.25) is 0 Å². The molecule has 0 radical (unpaired) electrons. The van der Waals surface area contributed by atoms with Crippen LogP contribution in [0, 0.1) is 0 Å². The lowest BCUT2D eigenvalue weighted by Gasteiger charge is -2.45. The summed E-state index contributed by atoms with van der Waals surface area (Å²) in [7, 11) is 0. The highest BCUT2D eigenvalue weighted by Gasteiger charge is 2.44. The lowest BCUT2D eigenvalue weighted by atomic mass is 9.58. The lowest BCUT2D eigenvalue weighted by molar-refractivity contribution is 0.0980. The Hall–Kier alpha value is -4.56. The van der Waals surface area contributed by atoms with E-state index in [1.165, 1.54) is 55.6 Å². The molecule has 5 aromatic rings. The van der Waals surface area contributed by atoms with Gasteiger partial charge in [0.15, 0.2) is 11.6 Å². The number of allylic oxidation sites excluding steroid dienone is 4. The predicted octanol–water partition coefficient (Wildman–Crippen LogP) is 9.16. The summed E-state index contributed by atoms with van der Waals surface area (Å²) >= 11 is 0. The van der Waals surface area contributed by atoms with Crippen LogP contribution in [0.2, 0.25) is 0 Å². The van der Waals surface area contributed by atoms with E-state index in [0.717, 1.165) is 11.1 Å². The second kappa shape index (κ2) is 7.99. The minimum atomic E-state index is -0.393. The van der Waals surface area contributed by atoms with Gasteiger partial charge in [-0.05, 0) is 78.8 Å². The Balaban J connectivity index is 1.58. The van der Waals surface area contributed by atoms with Crippen LogP contribution in [0.5, 0.6) is 0 Å². The average molecular weight is 519 g/mol. The Morgan fingerprint density at radius 2 is 0.800 bits per heavy atom. The molecule has 0 spiro atoms. The molecule has 194 valence electrons. The molecular weight excluding hydrogens is 488 g/mol. The smallest absolute Gasteiger partial charge is 0.194 e. The van der Waals surface area contributed by atoms with E-state index in [-0.39, 0.29) is 11.6 Å². The number of fused-ring (bicyclic) bond motifs is 9. The van der Waals surface area contributed by atoms with Gasteiger partial charge in [0, 0.05) is 33.1 Å². The molecule has 5 aromatic carbocycles. The Kier molecular flexibility index (Phi) is 4.89. The first-order chi connectivity index (χ1) is 19.1. The maximum absolute atomic E-state index is 13.6. The van der Waals surface area contributed by atoms with E-state index in [1.54, 1.807) is 0 Å². The van der Waals surface area contributed by atoms with E-state index < -0.39 is 10.8 Å². The lowest BCUT2D eigenvalue weighted by Crippen LogP contribution is -2.37. The highest BCUT2D eigenvalue weighted by molar-refractivity contribution is 6.29. The van der Waals surface area contributed by atoms with Crippen LogP contribution in [0.15, 0.2) is 109 Å². The number of hydrogen-bond donors (Lipinski definition) is 0. The Labute approximate surface area is 234 Å². The standard InChI is InChI=1S/C38H30O2/c1-7-21-22(8-2)36(40)30-20-34-33(19-29(30)35(21)39)37(3,4)31-17-27-25-15-11-9-13-23(25)24-14-10-12-16-26(24)28(27)18-32(31)38(34,5)6/h7-20H,1-2H2,3-6H3. The van der Waals surface area contributed by atoms with Crippen LogP contribution < -0.4 is 0 Å². The van der Waals surface area contributed by atoms with Gasteiger partial charge in [0.1, 0.15) is 0 Å². The summed E-state index contributed by atoms with van der Waals surface area (Å²) in [5.74, 6) is -0.338. The monoisotopic (exact) mass is 518 g/mol. The summed E-state index contributed by atoms with van der Waals surface area (Å²) in [5, 5.41) is 7.44. The number of hydrogen-bond acceptors (Lipinski definition) is 2. The maximum Gasteiger partial charge on any atom is 0.194 e. The number of carbonyl (C=O) groups excluding carboxylic acids is 2. The van der Waals surface area contributed by atoms with Crippen LogP contribution in [-0.4, -0.2) is 11.6 Å². The van der Waals surface area contributed by atoms with Crippen molar-refractivity contribution in [2.24, 2.45) is 0 Å². The van der Waals surface area contributed by atoms with Gasteiger partial charge in [0.05, 0.1) is 0 Å². The summed E-state index contributed by atoms with van der Waals surface area (Å²) in [4.78, 5) is 27.2. The Bertz CT molecular complexity index is 1920. The topological polar surface area (TPSA) is 34.1 Å². The highest BCUT2D eigenvalue weighted by Crippen LogP contribution is 2.53. The van der Waals surface area contributed by atoms with Crippen LogP contribution in [0.1, 0.15) is 70.7 Å². The molecule has 0 saturated carbocycles. The van der Waals surface area contributed by atoms with E-state index in [9.17, 15) is 9.59 Å². The van der Waals surface area contributed by atoms with Crippen molar-refractivity contribution in [2.45, 2.75) is 38.5 Å². The molecule has 2 aliphatic rings. The van der Waals surface area contributed by atoms with E-state index in [1.807, 2.05) is 12.1 Å². The van der Waals surface area contributed by atoms with Crippen LogP contribution in [0.4, 0.5) is 0 Å². The van der Waals surface area contributed by atoms with Gasteiger partial charge >= 0.3 is 0 Å². The van der Waals surface area contributed by atoms with Gasteiger partial charge in [0.25, 0.3) is 0 Å². The highest BCUT2D eigenvalue weighted by atomic mass is 16.1. The Morgan fingerprint density at radius 3 is 1.12 bits per heavy atom. The number of ketones is 2. The van der Waals surface area contributed by atoms with E-state index in [2.05, 4.69) is 102 Å². The molecule has 0 atom stereocenters. The third-order valence-corrected chi connectivity index (χ3v) is 9.41. The molecule has 0 aliphatic heterocycles. The number of rotatable bonds is 2. The van der Waals surface area contributed by atoms with Crippen molar-refractivity contribution in [2.75, 3.05) is 0 Å². The summed E-state index contributed by atoms with van der Waals surface area (Å²) in [6, 6.07) is 26.0. The van der Waals surface area contributed by atoms with Gasteiger partial charge in [-0.15, -0.1) is 0 Å². The number of benzene rings is 5. The van der Waals surface area contributed by atoms with Crippen molar-refractivity contribution in [3.05, 3.63) is 143 Å². The number of Topliss-reactive ketones (excluding diaryl/α,β-unsaturated/α-hetero) is 2. The van der Waals surface area contributed by atoms with Crippen LogP contribution in [-0.2, 0) is 10.8 Å². The molecule has 7 rings (SSSR count). The maximum atomic E-state index is 13.6. The van der Waals surface area contributed by atoms with Crippen molar-refractivity contribution < 1.29 is 9.59 Å². The minimum absolute atomic E-state index is 0.169. The van der Waals surface area contributed by atoms with Crippen molar-refractivity contribution >= 4 is 43.9 Å². The summed E-state index contributed by atoms with van der Waals surface area (Å²) in [5.41, 5.74) is 5.43. The molecule has 0 N–H and O–H groups in total. The average Bonchev–Trinajstić information content (AvgIpc) is 2.97. The molecule has 2 nitrogen and oxygen atoms in total. The van der Waals surface area contributed by atoms with Crippen LogP contribution >= 0.6 is 0 Å². The quantitative estimate of drug-likeness (QED) is 0.218. The predicted molar refractivity (Wildman–Crippen MR) is 166 cm³/mol. The van der Waals surface area contributed by atoms with Crippen LogP contribution in [0.25, 0.3) is 32.3 Å². The molecule has 2 heteroatoms. The first kappa shape index (κ1) is 24.5. The van der Waals surface area contributed by atoms with Gasteiger partial charge < -0.3 is 0 Å². The molecule has 0 unspecified atom stereocenters. The molecule has 2 aliphatic carbocycles. The first-order valence-electron chi connectivity index (χ1n) is 13.8. The zero-order chi connectivity index (χ0) is 28.1. The fraction of sp³-hybridized carbons (Fsp3) is 0.158. The van der Waals surface area contributed by atoms with E-state index in [0.29, 0.717) is 22.3 Å². The SMILES string of the molecule is C=CC1=C(C=C)C(=O)c2cc3c(cc2C1=O)C(C)(C)c1cc2c4ccccc4c4ccccc4c2cc1C3(C)C. The molecule has 0 aromatic heterocycles. The van der Waals surface area contributed by atoms with Crippen molar-refractivity contribution in [1.82, 2.24) is 0 Å². The second-order valence-corrected chi connectivity index (χ2v) is 12.1. The minimum Gasteiger partial charge on any atom is -0.289 e. The fourth-order valence-corrected chi connectivity index (χ4v) is 7.23. The van der Waals surface area contributed by atoms with E-state index in [4.69, 9.17) is 0 Å². The molecular formula is C38H30O2. The zero-order valence-electron chi connectivity index (χ0n) is 23.3. The van der Waals surface area contributed by atoms with Crippen molar-refractivity contribution in [3.8, 4) is 0 Å².